The van der Waals surface area contributed by atoms with Crippen molar-refractivity contribution in [1.29, 1.82) is 0 Å². The van der Waals surface area contributed by atoms with Gasteiger partial charge < -0.3 is 20.3 Å². The number of fused-ring (bicyclic) bond motifs is 1. The molecule has 0 radical (unpaired) electrons. The van der Waals surface area contributed by atoms with Crippen LogP contribution in [0.3, 0.4) is 0 Å². The number of amides is 1. The Bertz CT molecular complexity index is 1070. The van der Waals surface area contributed by atoms with Crippen molar-refractivity contribution in [3.05, 3.63) is 40.3 Å². The average Bonchev–Trinajstić information content (AvgIpc) is 3.46. The number of carbonyl (C=O) groups excluding carboxylic acids is 2. The fourth-order valence-corrected chi connectivity index (χ4v) is 6.75. The van der Waals surface area contributed by atoms with Crippen molar-refractivity contribution in [2.45, 2.75) is 39.5 Å². The summed E-state index contributed by atoms with van der Waals surface area (Å²) < 4.78 is 5.59. The molecule has 1 aromatic carbocycles. The van der Waals surface area contributed by atoms with Crippen LogP contribution in [0.25, 0.3) is 11.1 Å². The normalized spacial score (nSPS) is 22.0. The molecule has 3 aliphatic rings. The number of nitrogens with one attached hydrogen (secondary N) is 2. The smallest absolute Gasteiger partial charge is 0.224 e. The summed E-state index contributed by atoms with van der Waals surface area (Å²) in [6.45, 7) is 10.2. The lowest BCUT2D eigenvalue weighted by Gasteiger charge is -2.30. The van der Waals surface area contributed by atoms with Crippen molar-refractivity contribution in [2.24, 2.45) is 11.3 Å². The lowest BCUT2D eigenvalue weighted by molar-refractivity contribution is -0.120. The van der Waals surface area contributed by atoms with Gasteiger partial charge >= 0.3 is 0 Å². The van der Waals surface area contributed by atoms with Crippen molar-refractivity contribution in [2.75, 3.05) is 50.8 Å². The summed E-state index contributed by atoms with van der Waals surface area (Å²) in [6, 6.07) is 8.35. The Kier molecular flexibility index (Phi) is 6.78. The monoisotopic (exact) mass is 481 g/mol. The first-order chi connectivity index (χ1) is 16.4. The van der Waals surface area contributed by atoms with Crippen LogP contribution in [0.2, 0.25) is 0 Å². The van der Waals surface area contributed by atoms with Crippen LogP contribution in [-0.2, 0) is 22.4 Å². The van der Waals surface area contributed by atoms with Gasteiger partial charge in [-0.2, -0.15) is 0 Å². The number of rotatable bonds is 6. The standard InChI is InChI=1S/C27H35N3O3S/c1-27(2)14-21-24(26(30-8-10-33-11-9-30)34-25(21)22(31)15-27)20-5-3-4-18(12-20)13-23(32)29-17-19-6-7-28-16-19/h3-5,12,19,28H,6-11,13-17H2,1-2H3,(H,29,32). The minimum Gasteiger partial charge on any atom is -0.378 e. The molecule has 2 aromatic rings. The van der Waals surface area contributed by atoms with Gasteiger partial charge in [0, 0.05) is 31.6 Å². The predicted octanol–water partition coefficient (Wildman–Crippen LogP) is 3.68. The highest BCUT2D eigenvalue weighted by atomic mass is 32.1. The third-order valence-electron chi connectivity index (χ3n) is 7.17. The molecule has 0 bridgehead atoms. The van der Waals surface area contributed by atoms with Crippen molar-refractivity contribution < 1.29 is 14.3 Å². The molecule has 2 aliphatic heterocycles. The topological polar surface area (TPSA) is 70.7 Å². The van der Waals surface area contributed by atoms with Crippen LogP contribution in [0.5, 0.6) is 0 Å². The predicted molar refractivity (Wildman–Crippen MR) is 137 cm³/mol. The Labute approximate surface area is 206 Å². The number of Topliss-reactive ketones (excluding diaryl/α,β-unsaturated/α-hetero) is 1. The van der Waals surface area contributed by atoms with E-state index in [1.807, 2.05) is 12.1 Å². The number of ketones is 1. The molecule has 2 saturated heterocycles. The molecule has 2 N–H and O–H groups in total. The van der Waals surface area contributed by atoms with E-state index in [-0.39, 0.29) is 17.1 Å². The van der Waals surface area contributed by atoms with Crippen LogP contribution in [-0.4, -0.2) is 57.6 Å². The highest BCUT2D eigenvalue weighted by Crippen LogP contribution is 2.49. The van der Waals surface area contributed by atoms with Crippen LogP contribution in [0, 0.1) is 11.3 Å². The molecule has 7 heteroatoms. The molecule has 0 saturated carbocycles. The number of anilines is 1. The van der Waals surface area contributed by atoms with Gasteiger partial charge in [-0.15, -0.1) is 11.3 Å². The van der Waals surface area contributed by atoms with E-state index in [1.54, 1.807) is 11.3 Å². The average molecular weight is 482 g/mol. The van der Waals surface area contributed by atoms with Crippen molar-refractivity contribution in [1.82, 2.24) is 10.6 Å². The number of thiophene rings is 1. The summed E-state index contributed by atoms with van der Waals surface area (Å²) in [4.78, 5) is 29.0. The van der Waals surface area contributed by atoms with Gasteiger partial charge in [0.05, 0.1) is 29.5 Å². The summed E-state index contributed by atoms with van der Waals surface area (Å²) in [5.41, 5.74) is 4.43. The van der Waals surface area contributed by atoms with E-state index >= 15 is 0 Å². The molecular formula is C27H35N3O3S. The molecule has 6 nitrogen and oxygen atoms in total. The number of hydrogen-bond donors (Lipinski definition) is 2. The zero-order valence-corrected chi connectivity index (χ0v) is 21.1. The summed E-state index contributed by atoms with van der Waals surface area (Å²) in [7, 11) is 0. The maximum atomic E-state index is 13.1. The maximum absolute atomic E-state index is 13.1. The number of benzene rings is 1. The third kappa shape index (κ3) is 5.07. The zero-order chi connectivity index (χ0) is 23.7. The Morgan fingerprint density at radius 2 is 2.09 bits per heavy atom. The number of nitrogens with zero attached hydrogens (tertiary/aromatic N) is 1. The minimum absolute atomic E-state index is 0.0468. The maximum Gasteiger partial charge on any atom is 0.224 e. The van der Waals surface area contributed by atoms with E-state index in [4.69, 9.17) is 4.74 Å². The highest BCUT2D eigenvalue weighted by molar-refractivity contribution is 7.19. The van der Waals surface area contributed by atoms with Crippen LogP contribution in [0.1, 0.15) is 47.5 Å². The second-order valence-corrected chi connectivity index (χ2v) is 11.7. The highest BCUT2D eigenvalue weighted by Gasteiger charge is 2.37. The fraction of sp³-hybridized carbons (Fsp3) is 0.556. The first-order valence-corrected chi connectivity index (χ1v) is 13.3. The van der Waals surface area contributed by atoms with Gasteiger partial charge in [-0.05, 0) is 54.0 Å². The molecule has 1 amide bonds. The number of carbonyl (C=O) groups is 2. The van der Waals surface area contributed by atoms with Crippen LogP contribution in [0.15, 0.2) is 24.3 Å². The molecule has 2 fully saturated rings. The van der Waals surface area contributed by atoms with Gasteiger partial charge in [-0.3, -0.25) is 9.59 Å². The number of ether oxygens (including phenoxy) is 1. The molecule has 1 aromatic heterocycles. The van der Waals surface area contributed by atoms with E-state index in [2.05, 4.69) is 41.5 Å². The zero-order valence-electron chi connectivity index (χ0n) is 20.2. The van der Waals surface area contributed by atoms with Gasteiger partial charge in [-0.25, -0.2) is 0 Å². The lowest BCUT2D eigenvalue weighted by atomic mass is 9.75. The van der Waals surface area contributed by atoms with Crippen molar-refractivity contribution >= 4 is 28.0 Å². The first kappa shape index (κ1) is 23.5. The number of morpholine rings is 1. The quantitative estimate of drug-likeness (QED) is 0.659. The Morgan fingerprint density at radius 3 is 2.85 bits per heavy atom. The Morgan fingerprint density at radius 1 is 1.26 bits per heavy atom. The van der Waals surface area contributed by atoms with E-state index in [0.717, 1.165) is 61.6 Å². The van der Waals surface area contributed by atoms with E-state index in [9.17, 15) is 9.59 Å². The van der Waals surface area contributed by atoms with Crippen molar-refractivity contribution in [3.8, 4) is 11.1 Å². The summed E-state index contributed by atoms with van der Waals surface area (Å²) in [5, 5.41) is 7.64. The lowest BCUT2D eigenvalue weighted by Crippen LogP contribution is -2.36. The third-order valence-corrected chi connectivity index (χ3v) is 8.50. The van der Waals surface area contributed by atoms with E-state index in [0.29, 0.717) is 32.0 Å². The van der Waals surface area contributed by atoms with E-state index < -0.39 is 0 Å². The van der Waals surface area contributed by atoms with Crippen LogP contribution < -0.4 is 15.5 Å². The molecule has 0 spiro atoms. The minimum atomic E-state index is -0.0468. The molecule has 3 heterocycles. The molecule has 182 valence electrons. The Balaban J connectivity index is 1.44. The summed E-state index contributed by atoms with van der Waals surface area (Å²) in [5.74, 6) is 0.861. The molecule has 1 unspecified atom stereocenters. The van der Waals surface area contributed by atoms with Gasteiger partial charge in [-0.1, -0.05) is 38.1 Å². The summed E-state index contributed by atoms with van der Waals surface area (Å²) >= 11 is 1.65. The van der Waals surface area contributed by atoms with Gasteiger partial charge in [0.2, 0.25) is 5.91 Å². The Hall–Kier alpha value is -2.22. The van der Waals surface area contributed by atoms with Gasteiger partial charge in [0.1, 0.15) is 0 Å². The molecular weight excluding hydrogens is 446 g/mol. The SMILES string of the molecule is CC1(C)CC(=O)c2sc(N3CCOCC3)c(-c3cccc(CC(=O)NCC4CCNC4)c3)c2C1. The second kappa shape index (κ2) is 9.80. The largest absolute Gasteiger partial charge is 0.378 e. The van der Waals surface area contributed by atoms with E-state index in [1.165, 1.54) is 16.1 Å². The molecule has 1 aliphatic carbocycles. The molecule has 1 atom stereocenters. The van der Waals surface area contributed by atoms with Crippen molar-refractivity contribution in [3.63, 3.8) is 0 Å². The first-order valence-electron chi connectivity index (χ1n) is 12.5. The fourth-order valence-electron chi connectivity index (χ4n) is 5.42. The second-order valence-electron chi connectivity index (χ2n) is 10.7. The summed E-state index contributed by atoms with van der Waals surface area (Å²) in [6.07, 6.45) is 2.99. The van der Waals surface area contributed by atoms with Gasteiger partial charge in [0.25, 0.3) is 0 Å². The molecule has 34 heavy (non-hydrogen) atoms. The van der Waals surface area contributed by atoms with Crippen LogP contribution in [0.4, 0.5) is 5.00 Å². The number of hydrogen-bond acceptors (Lipinski definition) is 6. The van der Waals surface area contributed by atoms with Crippen LogP contribution >= 0.6 is 11.3 Å². The molecule has 5 rings (SSSR count). The van der Waals surface area contributed by atoms with Gasteiger partial charge in [0.15, 0.2) is 5.78 Å².